The van der Waals surface area contributed by atoms with Crippen LogP contribution in [-0.4, -0.2) is 27.6 Å². The number of allylic oxidation sites excluding steroid dienone is 1. The Labute approximate surface area is 154 Å². The minimum Gasteiger partial charge on any atom is -0.466 e. The molecule has 1 aliphatic rings. The van der Waals surface area contributed by atoms with Gasteiger partial charge in [0.1, 0.15) is 0 Å². The van der Waals surface area contributed by atoms with Gasteiger partial charge >= 0.3 is 5.97 Å². The number of carbonyl (C=O) groups excluding carboxylic acids is 1. The molecule has 8 nitrogen and oxygen atoms in total. The van der Waals surface area contributed by atoms with E-state index in [1.165, 1.54) is 19.2 Å². The van der Waals surface area contributed by atoms with Gasteiger partial charge in [-0.1, -0.05) is 24.3 Å². The average Bonchev–Trinajstić information content (AvgIpc) is 3.04. The van der Waals surface area contributed by atoms with Gasteiger partial charge in [-0.2, -0.15) is 0 Å². The molecule has 3 aromatic rings. The molecule has 0 unspecified atom stereocenters. The number of esters is 1. The van der Waals surface area contributed by atoms with Crippen molar-refractivity contribution >= 4 is 28.6 Å². The number of benzene rings is 2. The molecular formula is C19H16N4O4. The Morgan fingerprint density at radius 1 is 1.26 bits per heavy atom. The second-order valence-electron chi connectivity index (χ2n) is 6.20. The molecule has 0 radical (unpaired) electrons. The number of carbonyl (C=O) groups is 1. The fraction of sp³-hybridized carbons (Fsp3) is 0.158. The Hall–Kier alpha value is -3.68. The minimum absolute atomic E-state index is 0.0427. The lowest BCUT2D eigenvalue weighted by molar-refractivity contribution is -0.384. The third-order valence-electron chi connectivity index (χ3n) is 4.63. The predicted molar refractivity (Wildman–Crippen MR) is 99.3 cm³/mol. The van der Waals surface area contributed by atoms with Gasteiger partial charge in [-0.15, -0.1) is 0 Å². The largest absolute Gasteiger partial charge is 0.466 e. The molecule has 1 N–H and O–H groups in total. The molecule has 1 aliphatic heterocycles. The number of nitrogens with zero attached hydrogens (tertiary/aromatic N) is 3. The first-order valence-corrected chi connectivity index (χ1v) is 8.28. The van der Waals surface area contributed by atoms with Gasteiger partial charge in [-0.3, -0.25) is 14.7 Å². The highest BCUT2D eigenvalue weighted by atomic mass is 16.6. The van der Waals surface area contributed by atoms with Crippen molar-refractivity contribution in [3.05, 3.63) is 75.5 Å². The Morgan fingerprint density at radius 2 is 2.04 bits per heavy atom. The van der Waals surface area contributed by atoms with Crippen LogP contribution in [0.4, 0.5) is 11.6 Å². The van der Waals surface area contributed by atoms with Crippen LogP contribution in [0.1, 0.15) is 18.5 Å². The summed E-state index contributed by atoms with van der Waals surface area (Å²) in [5.74, 6) is 0.0674. The van der Waals surface area contributed by atoms with Crippen molar-refractivity contribution in [3.8, 4) is 0 Å². The second kappa shape index (κ2) is 6.24. The molecule has 0 spiro atoms. The van der Waals surface area contributed by atoms with Crippen LogP contribution >= 0.6 is 0 Å². The number of rotatable bonds is 3. The minimum atomic E-state index is -0.596. The summed E-state index contributed by atoms with van der Waals surface area (Å²) in [6.07, 6.45) is 0. The number of nitro benzene ring substituents is 1. The van der Waals surface area contributed by atoms with Crippen LogP contribution in [0.25, 0.3) is 11.0 Å². The number of fused-ring (bicyclic) bond motifs is 3. The normalized spacial score (nSPS) is 16.0. The van der Waals surface area contributed by atoms with Crippen molar-refractivity contribution in [3.63, 3.8) is 0 Å². The molecular weight excluding hydrogens is 348 g/mol. The number of methoxy groups -OCH3 is 1. The number of hydrogen-bond donors (Lipinski definition) is 1. The van der Waals surface area contributed by atoms with Crippen LogP contribution in [0.3, 0.4) is 0 Å². The molecule has 2 aromatic carbocycles. The summed E-state index contributed by atoms with van der Waals surface area (Å²) in [7, 11) is 1.31. The number of non-ortho nitro benzene ring substituents is 1. The Balaban J connectivity index is 2.02. The van der Waals surface area contributed by atoms with Crippen molar-refractivity contribution in [2.45, 2.75) is 13.0 Å². The first-order chi connectivity index (χ1) is 13.0. The van der Waals surface area contributed by atoms with Crippen LogP contribution in [0.15, 0.2) is 59.8 Å². The van der Waals surface area contributed by atoms with E-state index in [1.54, 1.807) is 19.1 Å². The van der Waals surface area contributed by atoms with E-state index in [9.17, 15) is 14.9 Å². The van der Waals surface area contributed by atoms with Gasteiger partial charge in [0.05, 0.1) is 34.7 Å². The van der Waals surface area contributed by atoms with Crippen LogP contribution in [0.2, 0.25) is 0 Å². The smallest absolute Gasteiger partial charge is 0.337 e. The van der Waals surface area contributed by atoms with E-state index < -0.39 is 16.9 Å². The second-order valence-corrected chi connectivity index (χ2v) is 6.20. The number of ether oxygens (including phenoxy) is 1. The summed E-state index contributed by atoms with van der Waals surface area (Å²) < 4.78 is 6.86. The maximum Gasteiger partial charge on any atom is 0.337 e. The van der Waals surface area contributed by atoms with Crippen molar-refractivity contribution in [1.82, 2.24) is 9.55 Å². The summed E-state index contributed by atoms with van der Waals surface area (Å²) >= 11 is 0. The van der Waals surface area contributed by atoms with E-state index in [0.29, 0.717) is 22.8 Å². The van der Waals surface area contributed by atoms with E-state index in [2.05, 4.69) is 10.3 Å². The van der Waals surface area contributed by atoms with Crippen molar-refractivity contribution < 1.29 is 14.5 Å². The van der Waals surface area contributed by atoms with Crippen LogP contribution < -0.4 is 5.32 Å². The number of nitro groups is 1. The molecule has 0 saturated carbocycles. The van der Waals surface area contributed by atoms with E-state index in [-0.39, 0.29) is 5.69 Å². The number of hydrogen-bond acceptors (Lipinski definition) is 6. The van der Waals surface area contributed by atoms with E-state index in [4.69, 9.17) is 4.74 Å². The molecule has 8 heteroatoms. The van der Waals surface area contributed by atoms with Crippen molar-refractivity contribution in [1.29, 1.82) is 0 Å². The maximum atomic E-state index is 12.6. The van der Waals surface area contributed by atoms with Gasteiger partial charge in [-0.25, -0.2) is 9.78 Å². The molecule has 0 fully saturated rings. The third-order valence-corrected chi connectivity index (χ3v) is 4.63. The van der Waals surface area contributed by atoms with Gasteiger partial charge < -0.3 is 10.1 Å². The van der Waals surface area contributed by atoms with E-state index in [0.717, 1.165) is 11.0 Å². The fourth-order valence-corrected chi connectivity index (χ4v) is 3.46. The Morgan fingerprint density at radius 3 is 2.78 bits per heavy atom. The van der Waals surface area contributed by atoms with Crippen LogP contribution in [-0.2, 0) is 9.53 Å². The summed E-state index contributed by atoms with van der Waals surface area (Å²) in [6, 6.07) is 13.2. The topological polar surface area (TPSA) is 99.3 Å². The number of anilines is 1. The van der Waals surface area contributed by atoms with Gasteiger partial charge in [0.25, 0.3) is 5.69 Å². The Kier molecular flexibility index (Phi) is 3.88. The van der Waals surface area contributed by atoms with Gasteiger partial charge in [-0.05, 0) is 24.6 Å². The summed E-state index contributed by atoms with van der Waals surface area (Å²) in [5.41, 5.74) is 3.11. The quantitative estimate of drug-likeness (QED) is 0.434. The van der Waals surface area contributed by atoms with Gasteiger partial charge in [0, 0.05) is 17.8 Å². The van der Waals surface area contributed by atoms with E-state index in [1.807, 2.05) is 28.8 Å². The maximum absolute atomic E-state index is 12.6. The highest BCUT2D eigenvalue weighted by molar-refractivity contribution is 5.94. The number of nitrogens with one attached hydrogen (secondary N) is 1. The number of aromatic nitrogens is 2. The molecule has 1 aromatic heterocycles. The molecule has 1 atom stereocenters. The zero-order chi connectivity index (χ0) is 19.1. The summed E-state index contributed by atoms with van der Waals surface area (Å²) in [5, 5.41) is 14.4. The molecule has 2 heterocycles. The van der Waals surface area contributed by atoms with Crippen molar-refractivity contribution in [2.75, 3.05) is 12.4 Å². The lowest BCUT2D eigenvalue weighted by Crippen LogP contribution is -2.28. The first kappa shape index (κ1) is 16.8. The average molecular weight is 364 g/mol. The zero-order valence-corrected chi connectivity index (χ0v) is 14.7. The van der Waals surface area contributed by atoms with E-state index >= 15 is 0 Å². The monoisotopic (exact) mass is 364 g/mol. The highest BCUT2D eigenvalue weighted by Gasteiger charge is 2.35. The molecule has 4 rings (SSSR count). The van der Waals surface area contributed by atoms with Crippen LogP contribution in [0.5, 0.6) is 0 Å². The molecule has 0 amide bonds. The molecule has 136 valence electrons. The Bertz CT molecular complexity index is 1120. The zero-order valence-electron chi connectivity index (χ0n) is 14.7. The lowest BCUT2D eigenvalue weighted by atomic mass is 9.94. The molecule has 0 aliphatic carbocycles. The lowest BCUT2D eigenvalue weighted by Gasteiger charge is -2.29. The summed E-state index contributed by atoms with van der Waals surface area (Å²) in [6.45, 7) is 1.76. The predicted octanol–water partition coefficient (Wildman–Crippen LogP) is 3.41. The van der Waals surface area contributed by atoms with Crippen LogP contribution in [0, 0.1) is 10.1 Å². The van der Waals surface area contributed by atoms with Gasteiger partial charge in [0.15, 0.2) is 0 Å². The molecule has 27 heavy (non-hydrogen) atoms. The number of para-hydroxylation sites is 2. The van der Waals surface area contributed by atoms with Crippen molar-refractivity contribution in [2.24, 2.45) is 0 Å². The standard InChI is InChI=1S/C19H16N4O4/c1-11-16(18(24)27-2)17(12-6-5-7-13(10-12)23(25)26)22-15-9-4-3-8-14(15)21-19(22)20-11/h3-10,17H,1-2H3,(H,20,21)/t17-/m0/s1. The fourth-order valence-electron chi connectivity index (χ4n) is 3.46. The SMILES string of the molecule is COC(=O)C1=C(C)Nc2nc3ccccc3n2[C@H]1c1cccc([N+](=O)[O-])c1. The number of imidazole rings is 1. The molecule has 0 bridgehead atoms. The van der Waals surface area contributed by atoms with Gasteiger partial charge in [0.2, 0.25) is 5.95 Å². The molecule has 0 saturated heterocycles. The summed E-state index contributed by atoms with van der Waals surface area (Å²) in [4.78, 5) is 27.9. The highest BCUT2D eigenvalue weighted by Crippen LogP contribution is 2.40. The first-order valence-electron chi connectivity index (χ1n) is 8.28. The third kappa shape index (κ3) is 2.62.